The van der Waals surface area contributed by atoms with Crippen LogP contribution in [0.25, 0.3) is 0 Å². The Balaban J connectivity index is 1.89. The third kappa shape index (κ3) is 4.33. The lowest BCUT2D eigenvalue weighted by atomic mass is 9.94. The number of aliphatic hydroxyl groups is 1. The van der Waals surface area contributed by atoms with E-state index in [1.807, 2.05) is 0 Å². The van der Waals surface area contributed by atoms with Gasteiger partial charge in [-0.3, -0.25) is 4.79 Å². The molecule has 2 unspecified atom stereocenters. The van der Waals surface area contributed by atoms with E-state index in [4.69, 9.17) is 16.3 Å². The first-order chi connectivity index (χ1) is 13.8. The first-order valence-electron chi connectivity index (χ1n) is 8.75. The lowest BCUT2D eigenvalue weighted by Crippen LogP contribution is -2.42. The lowest BCUT2D eigenvalue weighted by molar-refractivity contribution is -0.139. The van der Waals surface area contributed by atoms with E-state index in [0.717, 1.165) is 0 Å². The Morgan fingerprint density at radius 1 is 1.28 bits per heavy atom. The molecule has 9 heteroatoms. The summed E-state index contributed by atoms with van der Waals surface area (Å²) in [5.41, 5.74) is 0.358. The van der Waals surface area contributed by atoms with Crippen molar-refractivity contribution in [1.29, 1.82) is 0 Å². The summed E-state index contributed by atoms with van der Waals surface area (Å²) < 4.78 is 5.00. The molecule has 8 nitrogen and oxygen atoms in total. The fourth-order valence-electron chi connectivity index (χ4n) is 3.14. The Labute approximate surface area is 170 Å². The van der Waals surface area contributed by atoms with Crippen molar-refractivity contribution in [2.75, 3.05) is 6.61 Å². The molecule has 0 aromatic heterocycles. The molecule has 152 valence electrons. The van der Waals surface area contributed by atoms with E-state index in [1.54, 1.807) is 30.3 Å². The van der Waals surface area contributed by atoms with Gasteiger partial charge in [-0.1, -0.05) is 41.9 Å². The number of cyclic esters (lactones) is 1. The maximum absolute atomic E-state index is 12.7. The van der Waals surface area contributed by atoms with Crippen LogP contribution in [0.4, 0.5) is 0 Å². The number of aliphatic hydroxyl groups excluding tert-OH is 1. The minimum Gasteiger partial charge on any atom is -0.506 e. The maximum atomic E-state index is 12.7. The first-order valence-corrected chi connectivity index (χ1v) is 9.13. The minimum atomic E-state index is -1.26. The molecular weight excluding hydrogens is 402 g/mol. The molecule has 0 aliphatic carbocycles. The number of amides is 1. The van der Waals surface area contributed by atoms with Crippen molar-refractivity contribution >= 4 is 29.4 Å². The standard InChI is InChI=1S/C20H18ClNO7/c21-14-8-13(17(24)16-12(14)7-11(9-23)29-20(16)28)18(25)22-15(19(26)27)6-10-4-2-1-3-5-10/h1-5,8,11,15,23-24H,6-7,9H2,(H,22,25)(H,26,27). The van der Waals surface area contributed by atoms with Crippen LogP contribution in [0.3, 0.4) is 0 Å². The molecule has 0 bridgehead atoms. The normalized spacial score (nSPS) is 16.5. The number of aliphatic carboxylic acids is 1. The average molecular weight is 420 g/mol. The van der Waals surface area contributed by atoms with E-state index in [2.05, 4.69) is 5.32 Å². The second kappa shape index (κ2) is 8.50. The van der Waals surface area contributed by atoms with Crippen molar-refractivity contribution in [1.82, 2.24) is 5.32 Å². The molecule has 2 atom stereocenters. The smallest absolute Gasteiger partial charge is 0.342 e. The van der Waals surface area contributed by atoms with Crippen molar-refractivity contribution in [3.8, 4) is 5.75 Å². The number of carboxylic acid groups (broad SMARTS) is 1. The van der Waals surface area contributed by atoms with Crippen LogP contribution in [0.1, 0.15) is 31.8 Å². The van der Waals surface area contributed by atoms with Crippen LogP contribution in [0.5, 0.6) is 5.75 Å². The maximum Gasteiger partial charge on any atom is 0.342 e. The number of carboxylic acids is 1. The second-order valence-corrected chi connectivity index (χ2v) is 6.98. The van der Waals surface area contributed by atoms with Crippen LogP contribution in [0.15, 0.2) is 36.4 Å². The number of carbonyl (C=O) groups excluding carboxylic acids is 2. The summed E-state index contributed by atoms with van der Waals surface area (Å²) in [6.07, 6.45) is -0.687. The summed E-state index contributed by atoms with van der Waals surface area (Å²) in [7, 11) is 0. The average Bonchev–Trinajstić information content (AvgIpc) is 2.70. The summed E-state index contributed by atoms with van der Waals surface area (Å²) in [6.45, 7) is -0.412. The number of hydrogen-bond acceptors (Lipinski definition) is 6. The third-order valence-corrected chi connectivity index (χ3v) is 4.93. The van der Waals surface area contributed by atoms with Crippen LogP contribution in [-0.2, 0) is 22.4 Å². The first kappa shape index (κ1) is 20.6. The highest BCUT2D eigenvalue weighted by Crippen LogP contribution is 2.36. The summed E-state index contributed by atoms with van der Waals surface area (Å²) in [4.78, 5) is 36.4. The molecule has 1 amide bonds. The predicted molar refractivity (Wildman–Crippen MR) is 102 cm³/mol. The van der Waals surface area contributed by atoms with Crippen molar-refractivity contribution in [3.05, 3.63) is 63.7 Å². The predicted octanol–water partition coefficient (Wildman–Crippen LogP) is 1.55. The van der Waals surface area contributed by atoms with Crippen LogP contribution in [0, 0.1) is 0 Å². The van der Waals surface area contributed by atoms with Gasteiger partial charge in [-0.05, 0) is 17.2 Å². The van der Waals surface area contributed by atoms with Gasteiger partial charge < -0.3 is 25.4 Å². The van der Waals surface area contributed by atoms with Crippen LogP contribution in [-0.4, -0.2) is 51.9 Å². The quantitative estimate of drug-likeness (QED) is 0.522. The Morgan fingerprint density at radius 2 is 1.97 bits per heavy atom. The number of phenolic OH excluding ortho intramolecular Hbond substituents is 1. The Morgan fingerprint density at radius 3 is 2.59 bits per heavy atom. The van der Waals surface area contributed by atoms with Crippen molar-refractivity contribution < 1.29 is 34.4 Å². The largest absolute Gasteiger partial charge is 0.506 e. The van der Waals surface area contributed by atoms with Crippen molar-refractivity contribution in [2.24, 2.45) is 0 Å². The molecule has 0 saturated carbocycles. The molecule has 1 aliphatic rings. The Hall–Kier alpha value is -3.10. The molecule has 1 aliphatic heterocycles. The molecule has 2 aromatic carbocycles. The second-order valence-electron chi connectivity index (χ2n) is 6.58. The number of benzene rings is 2. The van der Waals surface area contributed by atoms with Crippen LogP contribution in [0.2, 0.25) is 5.02 Å². The number of halogens is 1. The number of rotatable bonds is 6. The summed E-state index contributed by atoms with van der Waals surface area (Å²) in [5, 5.41) is 31.5. The lowest BCUT2D eigenvalue weighted by Gasteiger charge is -2.25. The Bertz CT molecular complexity index is 961. The van der Waals surface area contributed by atoms with Gasteiger partial charge in [0.1, 0.15) is 23.5 Å². The molecule has 0 spiro atoms. The molecule has 29 heavy (non-hydrogen) atoms. The van der Waals surface area contributed by atoms with Gasteiger partial charge in [0.25, 0.3) is 5.91 Å². The third-order valence-electron chi connectivity index (χ3n) is 4.60. The summed E-state index contributed by atoms with van der Waals surface area (Å²) in [6, 6.07) is 8.63. The zero-order chi connectivity index (χ0) is 21.1. The number of phenols is 1. The van der Waals surface area contributed by atoms with Crippen LogP contribution >= 0.6 is 11.6 Å². The summed E-state index contributed by atoms with van der Waals surface area (Å²) >= 11 is 6.18. The van der Waals surface area contributed by atoms with Crippen LogP contribution < -0.4 is 5.32 Å². The topological polar surface area (TPSA) is 133 Å². The minimum absolute atomic E-state index is 0.0293. The van der Waals surface area contributed by atoms with E-state index < -0.39 is 42.3 Å². The number of nitrogens with one attached hydrogen (secondary N) is 1. The fourth-order valence-corrected chi connectivity index (χ4v) is 3.42. The van der Waals surface area contributed by atoms with E-state index in [1.165, 1.54) is 6.07 Å². The van der Waals surface area contributed by atoms with Gasteiger partial charge in [0, 0.05) is 17.9 Å². The van der Waals surface area contributed by atoms with Crippen molar-refractivity contribution in [3.63, 3.8) is 0 Å². The van der Waals surface area contributed by atoms with E-state index in [-0.39, 0.29) is 34.6 Å². The van der Waals surface area contributed by atoms with Gasteiger partial charge in [-0.2, -0.15) is 0 Å². The Kier molecular flexibility index (Phi) is 6.05. The molecule has 0 radical (unpaired) electrons. The molecule has 1 heterocycles. The van der Waals surface area contributed by atoms with Gasteiger partial charge in [0.2, 0.25) is 0 Å². The highest BCUT2D eigenvalue weighted by molar-refractivity contribution is 6.32. The summed E-state index contributed by atoms with van der Waals surface area (Å²) in [5.74, 6) is -3.71. The number of fused-ring (bicyclic) bond motifs is 1. The van der Waals surface area contributed by atoms with Gasteiger partial charge >= 0.3 is 11.9 Å². The van der Waals surface area contributed by atoms with Gasteiger partial charge in [0.15, 0.2) is 0 Å². The number of aromatic hydroxyl groups is 1. The monoisotopic (exact) mass is 419 g/mol. The highest BCUT2D eigenvalue weighted by Gasteiger charge is 2.34. The number of ether oxygens (including phenoxy) is 1. The number of esters is 1. The molecule has 2 aromatic rings. The molecular formula is C20H18ClNO7. The zero-order valence-electron chi connectivity index (χ0n) is 15.1. The van der Waals surface area contributed by atoms with E-state index >= 15 is 0 Å². The fraction of sp³-hybridized carbons (Fsp3) is 0.250. The van der Waals surface area contributed by atoms with Gasteiger partial charge in [-0.15, -0.1) is 0 Å². The SMILES string of the molecule is O=C(NC(Cc1ccccc1)C(=O)O)c1cc(Cl)c2c(c1O)C(=O)OC(CO)C2. The van der Waals surface area contributed by atoms with Gasteiger partial charge in [-0.25, -0.2) is 9.59 Å². The number of hydrogen-bond donors (Lipinski definition) is 4. The number of carbonyl (C=O) groups is 3. The molecule has 0 saturated heterocycles. The highest BCUT2D eigenvalue weighted by atomic mass is 35.5. The van der Waals surface area contributed by atoms with E-state index in [9.17, 15) is 29.7 Å². The van der Waals surface area contributed by atoms with Crippen molar-refractivity contribution in [2.45, 2.75) is 25.0 Å². The molecule has 4 N–H and O–H groups in total. The molecule has 0 fully saturated rings. The van der Waals surface area contributed by atoms with E-state index in [0.29, 0.717) is 5.56 Å². The molecule has 3 rings (SSSR count). The zero-order valence-corrected chi connectivity index (χ0v) is 15.8. The van der Waals surface area contributed by atoms with Gasteiger partial charge in [0.05, 0.1) is 12.2 Å².